The fraction of sp³-hybridized carbons (Fsp3) is 0.535. The number of nitro benzene ring substituents is 1. The number of rotatable bonds is 24. The average molecular weight is 808 g/mol. The van der Waals surface area contributed by atoms with Crippen LogP contribution in [0.2, 0.25) is 0 Å². The molecule has 1 heterocycles. The fourth-order valence-corrected chi connectivity index (χ4v) is 8.57. The number of nitro groups is 1. The number of nitrogens with zero attached hydrogens (tertiary/aromatic N) is 3. The lowest BCUT2D eigenvalue weighted by molar-refractivity contribution is -0.384. The topological polar surface area (TPSA) is 203 Å². The van der Waals surface area contributed by atoms with Gasteiger partial charge in [0.05, 0.1) is 49.6 Å². The molecule has 316 valence electrons. The second-order valence-corrected chi connectivity index (χ2v) is 14.7. The van der Waals surface area contributed by atoms with Gasteiger partial charge in [0.1, 0.15) is 24.1 Å². The molecule has 0 saturated heterocycles. The number of unbranched alkanes of at least 4 members (excludes halogenated alkanes) is 2. The third-order valence-electron chi connectivity index (χ3n) is 11.1. The maximum absolute atomic E-state index is 14.2. The normalized spacial score (nSPS) is 23.8. The number of non-ortho nitro benzene ring substituents is 1. The van der Waals surface area contributed by atoms with Gasteiger partial charge in [-0.3, -0.25) is 15.0 Å². The van der Waals surface area contributed by atoms with E-state index in [0.29, 0.717) is 36.3 Å². The third-order valence-corrected chi connectivity index (χ3v) is 11.1. The summed E-state index contributed by atoms with van der Waals surface area (Å²) in [5, 5.41) is 56.0. The number of amides is 1. The summed E-state index contributed by atoms with van der Waals surface area (Å²) in [6.07, 6.45) is 9.50. The number of phenols is 1. The predicted octanol–water partition coefficient (Wildman–Crippen LogP) is 6.16. The van der Waals surface area contributed by atoms with Crippen LogP contribution in [0.3, 0.4) is 0 Å². The van der Waals surface area contributed by atoms with Crippen molar-refractivity contribution in [3.63, 3.8) is 0 Å². The van der Waals surface area contributed by atoms with E-state index in [-0.39, 0.29) is 95.0 Å². The molecule has 1 fully saturated rings. The molecule has 0 aromatic heterocycles. The summed E-state index contributed by atoms with van der Waals surface area (Å²) in [4.78, 5) is 32.6. The first-order chi connectivity index (χ1) is 28.2. The summed E-state index contributed by atoms with van der Waals surface area (Å²) in [6, 6.07) is 10.1. The van der Waals surface area contributed by atoms with E-state index in [9.17, 15) is 35.3 Å². The van der Waals surface area contributed by atoms with E-state index in [0.717, 1.165) is 36.8 Å². The minimum Gasteiger partial charge on any atom is -0.508 e. The van der Waals surface area contributed by atoms with E-state index in [1.807, 2.05) is 0 Å². The number of carbonyl (C=O) groups excluding carboxylic acids is 1. The molecule has 2 aromatic carbocycles. The van der Waals surface area contributed by atoms with Gasteiger partial charge in [-0.2, -0.15) is 0 Å². The number of phenolic OH excluding ortho intramolecular Hbond substituents is 1. The van der Waals surface area contributed by atoms with Crippen molar-refractivity contribution in [2.45, 2.75) is 75.7 Å². The van der Waals surface area contributed by atoms with E-state index in [2.05, 4.69) is 19.2 Å². The van der Waals surface area contributed by atoms with Crippen molar-refractivity contribution in [3.05, 3.63) is 101 Å². The Balaban J connectivity index is 1.72. The summed E-state index contributed by atoms with van der Waals surface area (Å²) in [5.74, 6) is -2.02. The van der Waals surface area contributed by atoms with Gasteiger partial charge in [0.2, 0.25) is 5.79 Å². The molecule has 0 radical (unpaired) electrons. The van der Waals surface area contributed by atoms with Gasteiger partial charge >= 0.3 is 6.09 Å². The Hall–Kier alpha value is -4.80. The molecule has 15 nitrogen and oxygen atoms in total. The number of aliphatic hydroxyl groups is 3. The Morgan fingerprint density at radius 3 is 2.45 bits per heavy atom. The summed E-state index contributed by atoms with van der Waals surface area (Å²) in [6.45, 7) is 7.87. The maximum Gasteiger partial charge on any atom is 0.410 e. The lowest BCUT2D eigenvalue weighted by Gasteiger charge is -2.59. The van der Waals surface area contributed by atoms with E-state index in [1.54, 1.807) is 42.5 Å². The van der Waals surface area contributed by atoms with Crippen LogP contribution in [0.4, 0.5) is 10.5 Å². The summed E-state index contributed by atoms with van der Waals surface area (Å²) >= 11 is 0. The number of benzene rings is 2. The van der Waals surface area contributed by atoms with Crippen LogP contribution in [0, 0.1) is 27.9 Å². The zero-order valence-electron chi connectivity index (χ0n) is 33.0. The van der Waals surface area contributed by atoms with Crippen molar-refractivity contribution in [2.75, 3.05) is 52.8 Å². The molecule has 3 aliphatic rings. The molecule has 6 unspecified atom stereocenters. The smallest absolute Gasteiger partial charge is 0.410 e. The van der Waals surface area contributed by atoms with Gasteiger partial charge in [0.15, 0.2) is 0 Å². The zero-order chi connectivity index (χ0) is 41.5. The summed E-state index contributed by atoms with van der Waals surface area (Å²) in [7, 11) is 0. The summed E-state index contributed by atoms with van der Waals surface area (Å²) < 4.78 is 25.4. The standard InChI is InChI=1S/C43H57N3O12/c1-3-5-23-55-42(51)45(18-24-54-25-21-49)39-28-37(44-57-29-30-12-14-32(15-13-30)46(52)53)35-26-31(10-6-8-19-47)34(11-7-9-20-48)40-36-27-33(50)16-17-38(36)58-43(39,41(35)40)56-22-4-2/h3-4,12-17,26-27,31,34,39-41,47-50H,1-2,5-11,18-25,28-29H2. The van der Waals surface area contributed by atoms with Gasteiger partial charge in [-0.05, 0) is 85.4 Å². The van der Waals surface area contributed by atoms with Crippen LogP contribution in [0.15, 0.2) is 84.6 Å². The fourth-order valence-electron chi connectivity index (χ4n) is 8.57. The van der Waals surface area contributed by atoms with Gasteiger partial charge in [0.25, 0.3) is 5.69 Å². The Morgan fingerprint density at radius 1 is 1.00 bits per heavy atom. The van der Waals surface area contributed by atoms with Crippen molar-refractivity contribution in [2.24, 2.45) is 22.9 Å². The van der Waals surface area contributed by atoms with Crippen LogP contribution in [-0.2, 0) is 25.7 Å². The van der Waals surface area contributed by atoms with Gasteiger partial charge in [-0.15, -0.1) is 13.2 Å². The molecule has 58 heavy (non-hydrogen) atoms. The number of aromatic hydroxyl groups is 1. The number of oxime groups is 1. The highest BCUT2D eigenvalue weighted by atomic mass is 16.7. The molecule has 1 saturated carbocycles. The van der Waals surface area contributed by atoms with E-state index < -0.39 is 28.8 Å². The number of fused-ring (bicyclic) bond motifs is 2. The van der Waals surface area contributed by atoms with Crippen molar-refractivity contribution in [3.8, 4) is 11.5 Å². The van der Waals surface area contributed by atoms with Gasteiger partial charge < -0.3 is 44.2 Å². The molecule has 4 N–H and O–H groups in total. The zero-order valence-corrected chi connectivity index (χ0v) is 33.0. The van der Waals surface area contributed by atoms with Crippen molar-refractivity contribution in [1.82, 2.24) is 4.90 Å². The first kappa shape index (κ1) is 44.3. The highest BCUT2D eigenvalue weighted by Gasteiger charge is 2.65. The lowest BCUT2D eigenvalue weighted by Crippen LogP contribution is -2.70. The first-order valence-corrected chi connectivity index (χ1v) is 20.1. The van der Waals surface area contributed by atoms with Crippen LogP contribution in [-0.4, -0.2) is 107 Å². The SMILES string of the molecule is C=CCCOC(=O)N(CCOCCO)C1CC(=NOCc2ccc([N+](=O)[O-])cc2)C2=CC(CCCCO)C(CCCCO)C3c4cc(O)ccc4OC1(OCC=C)C23. The molecule has 1 aliphatic heterocycles. The summed E-state index contributed by atoms with van der Waals surface area (Å²) in [5.41, 5.74) is 2.71. The maximum atomic E-state index is 14.2. The Bertz CT molecular complexity index is 1750. The molecule has 0 bridgehead atoms. The molecule has 1 amide bonds. The number of carbonyl (C=O) groups is 1. The molecular formula is C43H57N3O12. The lowest BCUT2D eigenvalue weighted by atomic mass is 9.55. The van der Waals surface area contributed by atoms with Gasteiger partial charge in [-0.1, -0.05) is 36.2 Å². The van der Waals surface area contributed by atoms with Crippen LogP contribution in [0.25, 0.3) is 0 Å². The Kier molecular flexibility index (Phi) is 16.7. The minimum absolute atomic E-state index is 0.00483. The highest BCUT2D eigenvalue weighted by Crippen LogP contribution is 2.61. The van der Waals surface area contributed by atoms with Crippen molar-refractivity contribution >= 4 is 17.5 Å². The van der Waals surface area contributed by atoms with Crippen molar-refractivity contribution in [1.29, 1.82) is 0 Å². The molecule has 0 spiro atoms. The number of aliphatic hydroxyl groups excluding tert-OH is 3. The third kappa shape index (κ3) is 10.4. The molecule has 6 atom stereocenters. The van der Waals surface area contributed by atoms with Gasteiger partial charge in [0, 0.05) is 49.8 Å². The Labute approximate surface area is 339 Å². The largest absolute Gasteiger partial charge is 0.508 e. The monoisotopic (exact) mass is 807 g/mol. The van der Waals surface area contributed by atoms with Crippen LogP contribution >= 0.6 is 0 Å². The first-order valence-electron chi connectivity index (χ1n) is 20.1. The number of allylic oxidation sites excluding steroid dienone is 1. The number of ether oxygens (including phenoxy) is 4. The average Bonchev–Trinajstić information content (AvgIpc) is 3.22. The van der Waals surface area contributed by atoms with Crippen LogP contribution in [0.5, 0.6) is 11.5 Å². The van der Waals surface area contributed by atoms with E-state index >= 15 is 0 Å². The molecule has 2 aromatic rings. The van der Waals surface area contributed by atoms with E-state index in [4.69, 9.17) is 28.9 Å². The Morgan fingerprint density at radius 2 is 1.76 bits per heavy atom. The van der Waals surface area contributed by atoms with Crippen molar-refractivity contribution < 1.29 is 53.9 Å². The number of hydrogen-bond acceptors (Lipinski definition) is 13. The second-order valence-electron chi connectivity index (χ2n) is 14.7. The molecule has 15 heteroatoms. The molecule has 5 rings (SSSR count). The molecule has 2 aliphatic carbocycles. The second kappa shape index (κ2) is 21.8. The minimum atomic E-state index is -1.55. The van der Waals surface area contributed by atoms with Gasteiger partial charge in [-0.25, -0.2) is 4.79 Å². The van der Waals surface area contributed by atoms with E-state index in [1.165, 1.54) is 17.0 Å². The quantitative estimate of drug-likeness (QED) is 0.0408. The molecular weight excluding hydrogens is 750 g/mol. The number of hydrogen-bond donors (Lipinski definition) is 4. The van der Waals surface area contributed by atoms with Crippen LogP contribution < -0.4 is 4.74 Å². The predicted molar refractivity (Wildman–Crippen MR) is 215 cm³/mol. The van der Waals surface area contributed by atoms with Crippen LogP contribution in [0.1, 0.15) is 68.4 Å². The highest BCUT2D eigenvalue weighted by molar-refractivity contribution is 6.03.